The van der Waals surface area contributed by atoms with Gasteiger partial charge in [0.15, 0.2) is 0 Å². The first kappa shape index (κ1) is 12.1. The van der Waals surface area contributed by atoms with Crippen LogP contribution in [-0.2, 0) is 0 Å². The molecule has 4 fully saturated rings. The molecule has 2 N–H and O–H groups in total. The van der Waals surface area contributed by atoms with E-state index in [1.54, 1.807) is 32.1 Å². The molecule has 5 rings (SSSR count). The molecule has 19 heavy (non-hydrogen) atoms. The lowest BCUT2D eigenvalue weighted by molar-refractivity contribution is -0.0261. The first-order valence-electron chi connectivity index (χ1n) is 7.76. The third-order valence-corrected chi connectivity index (χ3v) is 6.90. The number of hydrogen-bond acceptors (Lipinski definition) is 2. The van der Waals surface area contributed by atoms with Crippen LogP contribution in [0.4, 0.5) is 5.69 Å². The van der Waals surface area contributed by atoms with Gasteiger partial charge in [-0.25, -0.2) is 0 Å². The number of thioether (sulfide) groups is 1. The maximum Gasteiger partial charge on any atom is 0.0314 e. The zero-order valence-electron chi connectivity index (χ0n) is 11.4. The lowest BCUT2D eigenvalue weighted by Crippen LogP contribution is -2.45. The number of nitrogens with two attached hydrogens (primary N) is 1. The molecule has 1 aromatic carbocycles. The Labute approximate surface area is 120 Å². The van der Waals surface area contributed by atoms with Crippen LogP contribution in [0.25, 0.3) is 0 Å². The van der Waals surface area contributed by atoms with Gasteiger partial charge in [0.2, 0.25) is 0 Å². The van der Waals surface area contributed by atoms with Crippen molar-refractivity contribution in [3.8, 4) is 0 Å². The zero-order valence-corrected chi connectivity index (χ0v) is 12.2. The lowest BCUT2D eigenvalue weighted by atomic mass is 9.52. The first-order chi connectivity index (χ1) is 9.28. The van der Waals surface area contributed by atoms with Crippen molar-refractivity contribution in [1.29, 1.82) is 0 Å². The molecule has 0 saturated heterocycles. The Morgan fingerprint density at radius 3 is 2.05 bits per heavy atom. The normalized spacial score (nSPS) is 39.7. The van der Waals surface area contributed by atoms with Crippen molar-refractivity contribution in [3.05, 3.63) is 24.3 Å². The topological polar surface area (TPSA) is 26.0 Å². The van der Waals surface area contributed by atoms with Crippen LogP contribution < -0.4 is 5.73 Å². The van der Waals surface area contributed by atoms with Gasteiger partial charge in [0.1, 0.15) is 0 Å². The van der Waals surface area contributed by atoms with E-state index in [-0.39, 0.29) is 0 Å². The molecular weight excluding hydrogens is 250 g/mol. The van der Waals surface area contributed by atoms with Gasteiger partial charge in [-0.15, -0.1) is 11.8 Å². The summed E-state index contributed by atoms with van der Waals surface area (Å²) in [4.78, 5) is 1.39. The van der Waals surface area contributed by atoms with E-state index in [1.165, 1.54) is 10.6 Å². The second-order valence-corrected chi connectivity index (χ2v) is 8.07. The number of benzene rings is 1. The van der Waals surface area contributed by atoms with Crippen molar-refractivity contribution in [2.24, 2.45) is 29.6 Å². The standard InChI is InChI=1S/C17H23NS/c18-15-1-3-16(4-2-15)19-10-17-13-6-11-5-12(8-13)9-14(17)7-11/h1-4,11-14,17H,5-10,18H2. The molecule has 1 aromatic rings. The third-order valence-electron chi connectivity index (χ3n) is 5.74. The van der Waals surface area contributed by atoms with Gasteiger partial charge in [-0.2, -0.15) is 0 Å². The molecule has 4 aliphatic carbocycles. The van der Waals surface area contributed by atoms with E-state index in [4.69, 9.17) is 5.73 Å². The number of hydrogen-bond donors (Lipinski definition) is 1. The van der Waals surface area contributed by atoms with Gasteiger partial charge in [-0.3, -0.25) is 0 Å². The molecule has 0 spiro atoms. The fraction of sp³-hybridized carbons (Fsp3) is 0.647. The number of rotatable bonds is 3. The molecule has 0 unspecified atom stereocenters. The fourth-order valence-corrected chi connectivity index (χ4v) is 6.32. The highest BCUT2D eigenvalue weighted by atomic mass is 32.2. The minimum atomic E-state index is 0.874. The summed E-state index contributed by atoms with van der Waals surface area (Å²) in [5, 5.41) is 0. The highest BCUT2D eigenvalue weighted by Crippen LogP contribution is 2.57. The summed E-state index contributed by atoms with van der Waals surface area (Å²) in [6, 6.07) is 8.41. The summed E-state index contributed by atoms with van der Waals surface area (Å²) < 4.78 is 0. The van der Waals surface area contributed by atoms with Crippen molar-refractivity contribution < 1.29 is 0 Å². The van der Waals surface area contributed by atoms with Crippen LogP contribution in [0.1, 0.15) is 32.1 Å². The predicted molar refractivity (Wildman–Crippen MR) is 82.1 cm³/mol. The van der Waals surface area contributed by atoms with Crippen molar-refractivity contribution in [2.75, 3.05) is 11.5 Å². The fourth-order valence-electron chi connectivity index (χ4n) is 5.07. The molecule has 0 aliphatic heterocycles. The van der Waals surface area contributed by atoms with Crippen LogP contribution in [0.3, 0.4) is 0 Å². The van der Waals surface area contributed by atoms with Crippen LogP contribution in [0.5, 0.6) is 0 Å². The summed E-state index contributed by atoms with van der Waals surface area (Å²) >= 11 is 2.05. The molecule has 4 bridgehead atoms. The molecule has 0 heterocycles. The second-order valence-electron chi connectivity index (χ2n) is 6.97. The first-order valence-corrected chi connectivity index (χ1v) is 8.75. The number of anilines is 1. The van der Waals surface area contributed by atoms with E-state index in [0.717, 1.165) is 35.3 Å². The molecule has 0 radical (unpaired) electrons. The van der Waals surface area contributed by atoms with Gasteiger partial charge in [0.05, 0.1) is 0 Å². The molecule has 102 valence electrons. The summed E-state index contributed by atoms with van der Waals surface area (Å²) in [6.07, 6.45) is 7.73. The largest absolute Gasteiger partial charge is 0.399 e. The Kier molecular flexibility index (Phi) is 3.02. The van der Waals surface area contributed by atoms with Crippen LogP contribution in [0, 0.1) is 29.6 Å². The van der Waals surface area contributed by atoms with Gasteiger partial charge in [0, 0.05) is 16.3 Å². The van der Waals surface area contributed by atoms with E-state index in [0.29, 0.717) is 0 Å². The summed E-state index contributed by atoms with van der Waals surface area (Å²) in [5.41, 5.74) is 6.63. The SMILES string of the molecule is Nc1ccc(SCC2C3CC4CC(C3)CC2C4)cc1. The van der Waals surface area contributed by atoms with Gasteiger partial charge in [-0.1, -0.05) is 0 Å². The van der Waals surface area contributed by atoms with Crippen LogP contribution in [-0.4, -0.2) is 5.75 Å². The zero-order chi connectivity index (χ0) is 12.8. The Morgan fingerprint density at radius 2 is 1.47 bits per heavy atom. The van der Waals surface area contributed by atoms with Crippen molar-refractivity contribution in [1.82, 2.24) is 0 Å². The van der Waals surface area contributed by atoms with Gasteiger partial charge in [0.25, 0.3) is 0 Å². The highest BCUT2D eigenvalue weighted by molar-refractivity contribution is 7.99. The Balaban J connectivity index is 1.42. The molecule has 0 atom stereocenters. The minimum Gasteiger partial charge on any atom is -0.399 e. The molecule has 0 amide bonds. The molecular formula is C17H23NS. The maximum atomic E-state index is 5.75. The Hall–Kier alpha value is -0.630. The van der Waals surface area contributed by atoms with E-state index in [1.807, 2.05) is 12.1 Å². The number of nitrogen functional groups attached to an aromatic ring is 1. The highest BCUT2D eigenvalue weighted by Gasteiger charge is 2.47. The summed E-state index contributed by atoms with van der Waals surface area (Å²) in [5.74, 6) is 6.63. The van der Waals surface area contributed by atoms with Crippen molar-refractivity contribution in [2.45, 2.75) is 37.0 Å². The van der Waals surface area contributed by atoms with Crippen molar-refractivity contribution in [3.63, 3.8) is 0 Å². The third kappa shape index (κ3) is 2.29. The molecule has 4 aliphatic rings. The lowest BCUT2D eigenvalue weighted by Gasteiger charge is -2.54. The average Bonchev–Trinajstić information content (AvgIpc) is 2.39. The van der Waals surface area contributed by atoms with Crippen LogP contribution in [0.15, 0.2) is 29.2 Å². The smallest absolute Gasteiger partial charge is 0.0314 e. The van der Waals surface area contributed by atoms with Crippen LogP contribution in [0.2, 0.25) is 0 Å². The minimum absolute atomic E-state index is 0.874. The van der Waals surface area contributed by atoms with Crippen molar-refractivity contribution >= 4 is 17.4 Å². The molecule has 2 heteroatoms. The quantitative estimate of drug-likeness (QED) is 0.651. The Bertz CT molecular complexity index is 425. The Morgan fingerprint density at radius 1 is 0.895 bits per heavy atom. The van der Waals surface area contributed by atoms with Crippen LogP contribution >= 0.6 is 11.8 Å². The van der Waals surface area contributed by atoms with Gasteiger partial charge in [-0.05, 0) is 86.0 Å². The van der Waals surface area contributed by atoms with E-state index < -0.39 is 0 Å². The summed E-state index contributed by atoms with van der Waals surface area (Å²) in [6.45, 7) is 0. The van der Waals surface area contributed by atoms with Gasteiger partial charge < -0.3 is 5.73 Å². The van der Waals surface area contributed by atoms with E-state index >= 15 is 0 Å². The second kappa shape index (κ2) is 4.73. The van der Waals surface area contributed by atoms with Gasteiger partial charge >= 0.3 is 0 Å². The molecule has 0 aromatic heterocycles. The molecule has 1 nitrogen and oxygen atoms in total. The monoisotopic (exact) mass is 273 g/mol. The average molecular weight is 273 g/mol. The van der Waals surface area contributed by atoms with E-state index in [2.05, 4.69) is 23.9 Å². The summed E-state index contributed by atoms with van der Waals surface area (Å²) in [7, 11) is 0. The maximum absolute atomic E-state index is 5.75. The predicted octanol–water partition coefficient (Wildman–Crippen LogP) is 4.43. The van der Waals surface area contributed by atoms with E-state index in [9.17, 15) is 0 Å². The molecule has 4 saturated carbocycles.